The number of hydrogen-bond donors (Lipinski definition) is 1. The van der Waals surface area contributed by atoms with Gasteiger partial charge in [0.1, 0.15) is 0 Å². The van der Waals surface area contributed by atoms with Crippen molar-refractivity contribution in [2.75, 3.05) is 34.8 Å². The first-order valence-corrected chi connectivity index (χ1v) is 8.57. The number of fused-ring (bicyclic) bond motifs is 1. The lowest BCUT2D eigenvalue weighted by Crippen LogP contribution is -2.45. The molecular formula is C18H16F6N4O. The molecule has 11 heteroatoms. The van der Waals surface area contributed by atoms with Crippen LogP contribution >= 0.6 is 0 Å². The number of anilines is 3. The number of likely N-dealkylation sites (N-methyl/N-ethyl adjacent to an activating group) is 1. The van der Waals surface area contributed by atoms with Gasteiger partial charge in [0.15, 0.2) is 0 Å². The van der Waals surface area contributed by atoms with Crippen molar-refractivity contribution in [1.29, 1.82) is 0 Å². The Morgan fingerprint density at radius 2 is 1.66 bits per heavy atom. The molecule has 1 aromatic heterocycles. The summed E-state index contributed by atoms with van der Waals surface area (Å²) in [7, 11) is 0. The van der Waals surface area contributed by atoms with Crippen LogP contribution in [0.25, 0.3) is 0 Å². The number of hydrogen-bond acceptors (Lipinski definition) is 3. The molecule has 0 unspecified atom stereocenters. The van der Waals surface area contributed by atoms with E-state index in [2.05, 4.69) is 10.3 Å². The highest BCUT2D eigenvalue weighted by atomic mass is 19.4. The van der Waals surface area contributed by atoms with E-state index in [1.54, 1.807) is 6.07 Å². The number of halogens is 6. The molecule has 2 heterocycles. The zero-order valence-corrected chi connectivity index (χ0v) is 15.1. The molecule has 0 saturated heterocycles. The predicted octanol–water partition coefficient (Wildman–Crippen LogP) is 5.00. The van der Waals surface area contributed by atoms with Crippen LogP contribution in [0.1, 0.15) is 18.1 Å². The van der Waals surface area contributed by atoms with Crippen molar-refractivity contribution in [2.45, 2.75) is 19.3 Å². The summed E-state index contributed by atoms with van der Waals surface area (Å²) in [5.41, 5.74) is -2.48. The van der Waals surface area contributed by atoms with Gasteiger partial charge >= 0.3 is 18.4 Å². The maximum atomic E-state index is 13.0. The first-order valence-electron chi connectivity index (χ1n) is 8.57. The van der Waals surface area contributed by atoms with Crippen LogP contribution in [-0.2, 0) is 12.4 Å². The van der Waals surface area contributed by atoms with E-state index >= 15 is 0 Å². The summed E-state index contributed by atoms with van der Waals surface area (Å²) in [6, 6.07) is 1.79. The van der Waals surface area contributed by atoms with Gasteiger partial charge < -0.3 is 10.2 Å². The minimum Gasteiger partial charge on any atom is -0.368 e. The van der Waals surface area contributed by atoms with Crippen molar-refractivity contribution in [1.82, 2.24) is 4.98 Å². The Hall–Kier alpha value is -2.98. The van der Waals surface area contributed by atoms with Crippen molar-refractivity contribution in [3.8, 4) is 0 Å². The fraction of sp³-hybridized carbons (Fsp3) is 0.333. The predicted molar refractivity (Wildman–Crippen MR) is 94.9 cm³/mol. The topological polar surface area (TPSA) is 48.5 Å². The van der Waals surface area contributed by atoms with Crippen molar-refractivity contribution < 1.29 is 31.1 Å². The Morgan fingerprint density at radius 1 is 1.03 bits per heavy atom. The maximum absolute atomic E-state index is 13.0. The molecule has 29 heavy (non-hydrogen) atoms. The molecule has 0 spiro atoms. The molecule has 1 N–H and O–H groups in total. The molecule has 1 aliphatic rings. The van der Waals surface area contributed by atoms with Gasteiger partial charge in [-0.15, -0.1) is 0 Å². The molecule has 1 aromatic carbocycles. The molecule has 5 nitrogen and oxygen atoms in total. The first kappa shape index (κ1) is 20.7. The Morgan fingerprint density at radius 3 is 2.21 bits per heavy atom. The summed E-state index contributed by atoms with van der Waals surface area (Å²) in [6.07, 6.45) is -7.04. The average Bonchev–Trinajstić information content (AvgIpc) is 2.65. The van der Waals surface area contributed by atoms with Crippen LogP contribution in [0.2, 0.25) is 0 Å². The summed E-state index contributed by atoms with van der Waals surface area (Å²) in [5, 5.41) is 2.15. The fourth-order valence-corrected chi connectivity index (χ4v) is 3.07. The van der Waals surface area contributed by atoms with E-state index < -0.39 is 35.2 Å². The summed E-state index contributed by atoms with van der Waals surface area (Å²) in [4.78, 5) is 19.8. The van der Waals surface area contributed by atoms with Gasteiger partial charge in [-0.3, -0.25) is 9.88 Å². The number of carbonyl (C=O) groups is 1. The van der Waals surface area contributed by atoms with Gasteiger partial charge in [-0.25, -0.2) is 4.79 Å². The van der Waals surface area contributed by atoms with E-state index in [0.717, 1.165) is 0 Å². The average molecular weight is 418 g/mol. The van der Waals surface area contributed by atoms with Gasteiger partial charge in [0.25, 0.3) is 0 Å². The lowest BCUT2D eigenvalue weighted by molar-refractivity contribution is -0.143. The van der Waals surface area contributed by atoms with E-state index in [1.165, 1.54) is 17.3 Å². The molecule has 3 rings (SSSR count). The molecule has 0 atom stereocenters. The summed E-state index contributed by atoms with van der Waals surface area (Å²) >= 11 is 0. The van der Waals surface area contributed by atoms with Crippen LogP contribution in [0.4, 0.5) is 48.2 Å². The lowest BCUT2D eigenvalue weighted by atomic mass is 10.1. The molecule has 2 aromatic rings. The number of carbonyl (C=O) groups excluding carboxylic acids is 1. The van der Waals surface area contributed by atoms with Gasteiger partial charge in [-0.1, -0.05) is 0 Å². The molecule has 2 amide bonds. The minimum absolute atomic E-state index is 0.00883. The van der Waals surface area contributed by atoms with Gasteiger partial charge in [0.05, 0.1) is 28.7 Å². The van der Waals surface area contributed by atoms with Gasteiger partial charge in [-0.2, -0.15) is 26.3 Å². The van der Waals surface area contributed by atoms with Crippen LogP contribution in [-0.4, -0.2) is 30.6 Å². The molecule has 0 radical (unpaired) electrons. The SMILES string of the molecule is CCN1CCN(C(=O)Nc2cc(C(F)(F)F)cc(C(F)(F)F)c2)c2cnccc21. The third kappa shape index (κ3) is 4.38. The molecule has 0 fully saturated rings. The Labute approximate surface area is 161 Å². The fourth-order valence-electron chi connectivity index (χ4n) is 3.07. The first-order chi connectivity index (χ1) is 13.5. The third-order valence-electron chi connectivity index (χ3n) is 4.47. The van der Waals surface area contributed by atoms with Crippen molar-refractivity contribution in [2.24, 2.45) is 0 Å². The van der Waals surface area contributed by atoms with Gasteiger partial charge in [0, 0.05) is 31.5 Å². The van der Waals surface area contributed by atoms with Crippen molar-refractivity contribution in [3.05, 3.63) is 47.8 Å². The Balaban J connectivity index is 1.93. The number of nitrogens with zero attached hydrogens (tertiary/aromatic N) is 3. The monoisotopic (exact) mass is 418 g/mol. The Kier molecular flexibility index (Phi) is 5.33. The van der Waals surface area contributed by atoms with Crippen LogP contribution in [0.3, 0.4) is 0 Å². The molecule has 1 aliphatic heterocycles. The van der Waals surface area contributed by atoms with E-state index in [-0.39, 0.29) is 12.6 Å². The van der Waals surface area contributed by atoms with Gasteiger partial charge in [0.2, 0.25) is 0 Å². The van der Waals surface area contributed by atoms with Crippen molar-refractivity contribution >= 4 is 23.1 Å². The standard InChI is InChI=1S/C18H16F6N4O/c1-2-27-5-6-28(15-10-25-4-3-14(15)27)16(29)26-13-8-11(17(19,20)21)7-12(9-13)18(22,23)24/h3-4,7-10H,2,5-6H2,1H3,(H,26,29). The maximum Gasteiger partial charge on any atom is 0.416 e. The van der Waals surface area contributed by atoms with Crippen molar-refractivity contribution in [3.63, 3.8) is 0 Å². The quantitative estimate of drug-likeness (QED) is 0.699. The number of rotatable bonds is 2. The second kappa shape index (κ2) is 7.45. The summed E-state index contributed by atoms with van der Waals surface area (Å²) in [6.45, 7) is 3.23. The number of pyridine rings is 1. The summed E-state index contributed by atoms with van der Waals surface area (Å²) < 4.78 is 78.0. The number of nitrogens with one attached hydrogen (secondary N) is 1. The van der Waals surface area contributed by atoms with Gasteiger partial charge in [-0.05, 0) is 31.2 Å². The number of urea groups is 1. The molecule has 0 aliphatic carbocycles. The number of alkyl halides is 6. The molecule has 0 saturated carbocycles. The zero-order valence-electron chi connectivity index (χ0n) is 15.1. The number of benzene rings is 1. The highest BCUT2D eigenvalue weighted by Gasteiger charge is 2.37. The van der Waals surface area contributed by atoms with E-state index in [4.69, 9.17) is 0 Å². The smallest absolute Gasteiger partial charge is 0.368 e. The van der Waals surface area contributed by atoms with Crippen LogP contribution in [0.5, 0.6) is 0 Å². The van der Waals surface area contributed by atoms with Crippen LogP contribution < -0.4 is 15.1 Å². The van der Waals surface area contributed by atoms with E-state index in [0.29, 0.717) is 36.6 Å². The number of amides is 2. The highest BCUT2D eigenvalue weighted by molar-refractivity contribution is 6.04. The third-order valence-corrected chi connectivity index (χ3v) is 4.47. The second-order valence-corrected chi connectivity index (χ2v) is 6.32. The van der Waals surface area contributed by atoms with E-state index in [9.17, 15) is 31.1 Å². The highest BCUT2D eigenvalue weighted by Crippen LogP contribution is 2.38. The normalized spacial score (nSPS) is 14.6. The second-order valence-electron chi connectivity index (χ2n) is 6.32. The molecule has 156 valence electrons. The largest absolute Gasteiger partial charge is 0.416 e. The molecule has 0 bridgehead atoms. The lowest BCUT2D eigenvalue weighted by Gasteiger charge is -2.36. The van der Waals surface area contributed by atoms with Crippen LogP contribution in [0.15, 0.2) is 36.7 Å². The number of aromatic nitrogens is 1. The summed E-state index contributed by atoms with van der Waals surface area (Å²) in [5.74, 6) is 0. The van der Waals surface area contributed by atoms with Crippen LogP contribution in [0, 0.1) is 0 Å². The minimum atomic E-state index is -5.00. The van der Waals surface area contributed by atoms with E-state index in [1.807, 2.05) is 11.8 Å². The Bertz CT molecular complexity index is 880. The molecular weight excluding hydrogens is 402 g/mol. The zero-order chi connectivity index (χ0) is 21.4.